The molecule has 0 aromatic rings. The van der Waals surface area contributed by atoms with Gasteiger partial charge in [0.2, 0.25) is 0 Å². The number of hydrogen-bond acceptors (Lipinski definition) is 6. The first-order chi connectivity index (χ1) is 8.04. The van der Waals surface area contributed by atoms with Gasteiger partial charge in [-0.3, -0.25) is 8.75 Å². The Bertz CT molecular complexity index is 374. The van der Waals surface area contributed by atoms with E-state index in [1.54, 1.807) is 13.8 Å². The molecule has 110 valence electrons. The highest BCUT2D eigenvalue weighted by atomic mass is 32.2. The molecule has 0 spiro atoms. The van der Waals surface area contributed by atoms with Crippen molar-refractivity contribution in [1.29, 1.82) is 0 Å². The van der Waals surface area contributed by atoms with E-state index >= 15 is 0 Å². The molecule has 0 rings (SSSR count). The second-order valence-electron chi connectivity index (χ2n) is 4.96. The Kier molecular flexibility index (Phi) is 7.03. The molecule has 8 heteroatoms. The minimum Gasteiger partial charge on any atom is -0.308 e. The second kappa shape index (κ2) is 7.01. The highest BCUT2D eigenvalue weighted by Crippen LogP contribution is 2.49. The van der Waals surface area contributed by atoms with Crippen LogP contribution in [0.15, 0.2) is 0 Å². The van der Waals surface area contributed by atoms with Crippen molar-refractivity contribution in [3.8, 4) is 0 Å². The molecule has 0 amide bonds. The van der Waals surface area contributed by atoms with Gasteiger partial charge in [-0.15, -0.1) is 0 Å². The molecule has 0 aliphatic heterocycles. The van der Waals surface area contributed by atoms with Gasteiger partial charge >= 0.3 is 7.60 Å². The molecule has 0 aromatic carbocycles. The Hall–Kier alpha value is 0.0600. The van der Waals surface area contributed by atoms with Crippen molar-refractivity contribution in [1.82, 2.24) is 0 Å². The Morgan fingerprint density at radius 1 is 1.06 bits per heavy atom. The average molecular weight is 302 g/mol. The van der Waals surface area contributed by atoms with Gasteiger partial charge in [-0.1, -0.05) is 20.8 Å². The van der Waals surface area contributed by atoms with Crippen molar-refractivity contribution in [2.45, 2.75) is 34.6 Å². The fourth-order valence-electron chi connectivity index (χ4n) is 1.00. The molecule has 0 heterocycles. The topological polar surface area (TPSA) is 78.9 Å². The van der Waals surface area contributed by atoms with Crippen molar-refractivity contribution in [3.63, 3.8) is 0 Å². The molecule has 0 saturated carbocycles. The van der Waals surface area contributed by atoms with Crippen LogP contribution in [0.5, 0.6) is 0 Å². The van der Waals surface area contributed by atoms with Gasteiger partial charge in [-0.2, -0.15) is 8.42 Å². The predicted molar refractivity (Wildman–Crippen MR) is 70.1 cm³/mol. The standard InChI is InChI=1S/C10H23O6PS/c1-6-14-17(11,15-7-2)9-18(12,13)16-8-10(3,4)5/h6-9H2,1-5H3. The molecule has 0 saturated heterocycles. The second-order valence-corrected chi connectivity index (χ2v) is 9.08. The van der Waals surface area contributed by atoms with Gasteiger partial charge in [0.15, 0.2) is 5.49 Å². The molecule has 6 nitrogen and oxygen atoms in total. The van der Waals surface area contributed by atoms with Crippen molar-refractivity contribution in [2.24, 2.45) is 5.41 Å². The molecule has 0 aliphatic carbocycles. The lowest BCUT2D eigenvalue weighted by Crippen LogP contribution is -2.21. The third kappa shape index (κ3) is 8.21. The molecule has 0 fully saturated rings. The van der Waals surface area contributed by atoms with Crippen LogP contribution in [-0.4, -0.2) is 33.7 Å². The zero-order valence-corrected chi connectivity index (χ0v) is 13.3. The molecule has 0 atom stereocenters. The molecular weight excluding hydrogens is 279 g/mol. The van der Waals surface area contributed by atoms with Gasteiger partial charge in [-0.05, 0) is 19.3 Å². The van der Waals surface area contributed by atoms with Crippen LogP contribution in [0.2, 0.25) is 0 Å². The number of rotatable bonds is 8. The SMILES string of the molecule is CCOP(=O)(CS(=O)(=O)OCC(C)(C)C)OCC. The van der Waals surface area contributed by atoms with E-state index in [4.69, 9.17) is 13.2 Å². The summed E-state index contributed by atoms with van der Waals surface area (Å²) in [7, 11) is -7.57. The summed E-state index contributed by atoms with van der Waals surface area (Å²) >= 11 is 0. The van der Waals surface area contributed by atoms with Crippen LogP contribution in [0.25, 0.3) is 0 Å². The monoisotopic (exact) mass is 302 g/mol. The van der Waals surface area contributed by atoms with Crippen LogP contribution in [0.1, 0.15) is 34.6 Å². The first-order valence-electron chi connectivity index (χ1n) is 5.79. The van der Waals surface area contributed by atoms with Crippen LogP contribution in [0.3, 0.4) is 0 Å². The third-order valence-corrected chi connectivity index (χ3v) is 5.95. The van der Waals surface area contributed by atoms with Gasteiger partial charge in [0, 0.05) is 0 Å². The van der Waals surface area contributed by atoms with E-state index in [1.165, 1.54) is 0 Å². The van der Waals surface area contributed by atoms with Crippen molar-refractivity contribution < 1.29 is 26.2 Å². The average Bonchev–Trinajstić information content (AvgIpc) is 2.13. The van der Waals surface area contributed by atoms with Crippen LogP contribution in [-0.2, 0) is 27.9 Å². The Balaban J connectivity index is 4.67. The quantitative estimate of drug-likeness (QED) is 0.506. The van der Waals surface area contributed by atoms with E-state index in [1.807, 2.05) is 20.8 Å². The fourth-order valence-corrected chi connectivity index (χ4v) is 4.84. The maximum atomic E-state index is 12.0. The zero-order chi connectivity index (χ0) is 14.4. The Morgan fingerprint density at radius 3 is 1.83 bits per heavy atom. The molecule has 18 heavy (non-hydrogen) atoms. The predicted octanol–water partition coefficient (Wildman–Crippen LogP) is 2.60. The summed E-state index contributed by atoms with van der Waals surface area (Å²) in [6.07, 6.45) is 0. The van der Waals surface area contributed by atoms with E-state index in [2.05, 4.69) is 0 Å². The van der Waals surface area contributed by atoms with E-state index in [9.17, 15) is 13.0 Å². The first kappa shape index (κ1) is 18.1. The normalized spacial score (nSPS) is 13.8. The van der Waals surface area contributed by atoms with E-state index < -0.39 is 23.2 Å². The zero-order valence-electron chi connectivity index (χ0n) is 11.6. The van der Waals surface area contributed by atoms with E-state index in [0.29, 0.717) is 0 Å². The van der Waals surface area contributed by atoms with Gasteiger partial charge in [-0.25, -0.2) is 0 Å². The lowest BCUT2D eigenvalue weighted by molar-refractivity contribution is 0.200. The number of hydrogen-bond donors (Lipinski definition) is 0. The van der Waals surface area contributed by atoms with E-state index in [0.717, 1.165) is 0 Å². The minimum atomic E-state index is -3.93. The third-order valence-electron chi connectivity index (χ3n) is 1.64. The van der Waals surface area contributed by atoms with Crippen LogP contribution < -0.4 is 0 Å². The van der Waals surface area contributed by atoms with Gasteiger partial charge in [0.05, 0.1) is 19.8 Å². The van der Waals surface area contributed by atoms with Gasteiger partial charge < -0.3 is 9.05 Å². The molecule has 0 radical (unpaired) electrons. The highest BCUT2D eigenvalue weighted by Gasteiger charge is 2.33. The summed E-state index contributed by atoms with van der Waals surface area (Å²) in [5.41, 5.74) is -1.05. The van der Waals surface area contributed by atoms with Crippen LogP contribution in [0, 0.1) is 5.41 Å². The van der Waals surface area contributed by atoms with Crippen LogP contribution >= 0.6 is 7.60 Å². The van der Waals surface area contributed by atoms with Crippen LogP contribution in [0.4, 0.5) is 0 Å². The molecule has 0 aliphatic rings. The summed E-state index contributed by atoms with van der Waals surface area (Å²) in [6.45, 7) is 9.02. The summed E-state index contributed by atoms with van der Waals surface area (Å²) in [5, 5.41) is 0. The highest BCUT2D eigenvalue weighted by molar-refractivity contribution is 7.93. The summed E-state index contributed by atoms with van der Waals surface area (Å²) in [5.74, 6) is 0. The summed E-state index contributed by atoms with van der Waals surface area (Å²) in [4.78, 5) is 0. The first-order valence-corrected chi connectivity index (χ1v) is 9.09. The van der Waals surface area contributed by atoms with Gasteiger partial charge in [0.25, 0.3) is 10.1 Å². The summed E-state index contributed by atoms with van der Waals surface area (Å²) in [6, 6.07) is 0. The maximum Gasteiger partial charge on any atom is 0.348 e. The molecular formula is C10H23O6PS. The Morgan fingerprint density at radius 2 is 1.50 bits per heavy atom. The lowest BCUT2D eigenvalue weighted by Gasteiger charge is -2.20. The smallest absolute Gasteiger partial charge is 0.308 e. The molecule has 0 N–H and O–H groups in total. The molecule has 0 unspecified atom stereocenters. The lowest BCUT2D eigenvalue weighted by atomic mass is 9.99. The van der Waals surface area contributed by atoms with Gasteiger partial charge in [0.1, 0.15) is 0 Å². The maximum absolute atomic E-state index is 12.0. The van der Waals surface area contributed by atoms with Crippen molar-refractivity contribution >= 4 is 17.7 Å². The van der Waals surface area contributed by atoms with Crippen molar-refractivity contribution in [2.75, 3.05) is 25.3 Å². The minimum absolute atomic E-state index is 0.0214. The Labute approximate surface area is 110 Å². The molecule has 0 aromatic heterocycles. The van der Waals surface area contributed by atoms with E-state index in [-0.39, 0.29) is 25.2 Å². The fraction of sp³-hybridized carbons (Fsp3) is 1.00. The summed E-state index contributed by atoms with van der Waals surface area (Å²) < 4.78 is 50.1. The molecule has 0 bridgehead atoms. The largest absolute Gasteiger partial charge is 0.348 e. The van der Waals surface area contributed by atoms with Crippen molar-refractivity contribution in [3.05, 3.63) is 0 Å².